The summed E-state index contributed by atoms with van der Waals surface area (Å²) in [6.45, 7) is 6.17. The lowest BCUT2D eigenvalue weighted by atomic mass is 9.68. The molecule has 0 amide bonds. The van der Waals surface area contributed by atoms with Gasteiger partial charge in [0.25, 0.3) is 0 Å². The minimum absolute atomic E-state index is 0.0243. The first-order chi connectivity index (χ1) is 16.6. The number of hydrogen-bond donors (Lipinski definition) is 1. The standard InChI is InChI=1S/C28H30BrNO5/c1-16-24(27(32)35-15-17-9-7-6-8-10-17)25(18-11-22(33-4)23(34-5)12-19(18)29)26-20(30-16)13-28(2,3)14-21(26)31/h6-12,25,30H,13-15H2,1-5H3/t25-/m1/s1. The zero-order valence-electron chi connectivity index (χ0n) is 20.7. The monoisotopic (exact) mass is 539 g/mol. The van der Waals surface area contributed by atoms with Gasteiger partial charge in [0, 0.05) is 33.8 Å². The molecule has 35 heavy (non-hydrogen) atoms. The zero-order chi connectivity index (χ0) is 25.3. The Bertz CT molecular complexity index is 1230. The van der Waals surface area contributed by atoms with Crippen LogP contribution < -0.4 is 14.8 Å². The van der Waals surface area contributed by atoms with E-state index in [1.165, 1.54) is 0 Å². The van der Waals surface area contributed by atoms with Crippen LogP contribution >= 0.6 is 15.9 Å². The number of esters is 1. The maximum absolute atomic E-state index is 13.5. The quantitative estimate of drug-likeness (QED) is 0.466. The molecule has 0 unspecified atom stereocenters. The molecule has 2 aliphatic rings. The molecule has 0 bridgehead atoms. The van der Waals surface area contributed by atoms with E-state index in [1.807, 2.05) is 43.3 Å². The number of dihydropyridines is 1. The van der Waals surface area contributed by atoms with Gasteiger partial charge in [-0.05, 0) is 42.0 Å². The number of Topliss-reactive ketones (excluding diaryl/α,β-unsaturated/α-hetero) is 1. The molecule has 2 aromatic carbocycles. The van der Waals surface area contributed by atoms with Gasteiger partial charge in [-0.2, -0.15) is 0 Å². The lowest BCUT2D eigenvalue weighted by Gasteiger charge is -2.39. The Labute approximate surface area is 214 Å². The van der Waals surface area contributed by atoms with Gasteiger partial charge in [-0.3, -0.25) is 4.79 Å². The maximum atomic E-state index is 13.5. The number of methoxy groups -OCH3 is 2. The van der Waals surface area contributed by atoms with Crippen LogP contribution in [0.5, 0.6) is 11.5 Å². The van der Waals surface area contributed by atoms with Crippen LogP contribution in [0.3, 0.4) is 0 Å². The lowest BCUT2D eigenvalue weighted by molar-refractivity contribution is -0.140. The van der Waals surface area contributed by atoms with Crippen LogP contribution in [0.1, 0.15) is 50.7 Å². The van der Waals surface area contributed by atoms with E-state index in [9.17, 15) is 9.59 Å². The third-order valence-corrected chi connectivity index (χ3v) is 7.17. The van der Waals surface area contributed by atoms with Crippen molar-refractivity contribution in [3.8, 4) is 11.5 Å². The van der Waals surface area contributed by atoms with Gasteiger partial charge in [0.15, 0.2) is 17.3 Å². The van der Waals surface area contributed by atoms with E-state index in [0.717, 1.165) is 16.8 Å². The summed E-state index contributed by atoms with van der Waals surface area (Å²) in [7, 11) is 3.13. The maximum Gasteiger partial charge on any atom is 0.337 e. The number of halogens is 1. The SMILES string of the molecule is COc1cc(Br)c([C@@H]2C(C(=O)OCc3ccccc3)=C(C)NC3=C2C(=O)CC(C)(C)C3)cc1OC. The Morgan fingerprint density at radius 2 is 1.74 bits per heavy atom. The first-order valence-corrected chi connectivity index (χ1v) is 12.3. The molecule has 1 N–H and O–H groups in total. The molecule has 1 aliphatic carbocycles. The van der Waals surface area contributed by atoms with Crippen LogP contribution in [0.2, 0.25) is 0 Å². The summed E-state index contributed by atoms with van der Waals surface area (Å²) in [5, 5.41) is 3.37. The molecule has 0 saturated heterocycles. The molecule has 6 nitrogen and oxygen atoms in total. The van der Waals surface area contributed by atoms with Gasteiger partial charge in [0.2, 0.25) is 0 Å². The number of carbonyl (C=O) groups excluding carboxylic acids is 2. The predicted molar refractivity (Wildman–Crippen MR) is 137 cm³/mol. The molecule has 1 atom stereocenters. The van der Waals surface area contributed by atoms with Crippen molar-refractivity contribution >= 4 is 27.7 Å². The molecule has 1 heterocycles. The molecule has 184 valence electrons. The summed E-state index contributed by atoms with van der Waals surface area (Å²) >= 11 is 3.65. The van der Waals surface area contributed by atoms with Crippen molar-refractivity contribution in [3.05, 3.63) is 80.6 Å². The van der Waals surface area contributed by atoms with Gasteiger partial charge in [-0.1, -0.05) is 60.1 Å². The number of carbonyl (C=O) groups is 2. The van der Waals surface area contributed by atoms with Crippen LogP contribution in [0.25, 0.3) is 0 Å². The fourth-order valence-electron chi connectivity index (χ4n) is 4.91. The summed E-state index contributed by atoms with van der Waals surface area (Å²) in [5.74, 6) is 0.0271. The summed E-state index contributed by atoms with van der Waals surface area (Å²) in [4.78, 5) is 27.1. The zero-order valence-corrected chi connectivity index (χ0v) is 22.2. The second-order valence-electron chi connectivity index (χ2n) is 9.72. The highest BCUT2D eigenvalue weighted by Gasteiger charge is 2.44. The van der Waals surface area contributed by atoms with Crippen molar-refractivity contribution < 1.29 is 23.8 Å². The van der Waals surface area contributed by atoms with E-state index in [0.29, 0.717) is 45.7 Å². The number of rotatable bonds is 6. The minimum atomic E-state index is -0.604. The van der Waals surface area contributed by atoms with Gasteiger partial charge in [0.1, 0.15) is 6.61 Å². The molecule has 0 radical (unpaired) electrons. The molecular formula is C28H30BrNO5. The van der Waals surface area contributed by atoms with Crippen molar-refractivity contribution in [3.63, 3.8) is 0 Å². The van der Waals surface area contributed by atoms with E-state index in [2.05, 4.69) is 35.1 Å². The highest BCUT2D eigenvalue weighted by Crippen LogP contribution is 2.49. The predicted octanol–water partition coefficient (Wildman–Crippen LogP) is 5.81. The largest absolute Gasteiger partial charge is 0.493 e. The average Bonchev–Trinajstić information content (AvgIpc) is 2.81. The van der Waals surface area contributed by atoms with Crippen molar-refractivity contribution in [2.75, 3.05) is 14.2 Å². The topological polar surface area (TPSA) is 73.9 Å². The first kappa shape index (κ1) is 25.0. The fraction of sp³-hybridized carbons (Fsp3) is 0.357. The van der Waals surface area contributed by atoms with E-state index in [4.69, 9.17) is 14.2 Å². The minimum Gasteiger partial charge on any atom is -0.493 e. The van der Waals surface area contributed by atoms with E-state index in [1.54, 1.807) is 20.3 Å². The van der Waals surface area contributed by atoms with Crippen molar-refractivity contribution in [2.24, 2.45) is 5.41 Å². The Hall–Kier alpha value is -3.06. The summed E-state index contributed by atoms with van der Waals surface area (Å²) in [6.07, 6.45) is 1.11. The van der Waals surface area contributed by atoms with Gasteiger partial charge >= 0.3 is 5.97 Å². The highest BCUT2D eigenvalue weighted by molar-refractivity contribution is 9.10. The highest BCUT2D eigenvalue weighted by atomic mass is 79.9. The Balaban J connectivity index is 1.82. The molecule has 4 rings (SSSR count). The van der Waals surface area contributed by atoms with Crippen molar-refractivity contribution in [1.29, 1.82) is 0 Å². The van der Waals surface area contributed by atoms with Gasteiger partial charge in [-0.25, -0.2) is 4.79 Å². The van der Waals surface area contributed by atoms with Gasteiger partial charge < -0.3 is 19.5 Å². The van der Waals surface area contributed by atoms with Crippen LogP contribution in [-0.4, -0.2) is 26.0 Å². The molecule has 2 aromatic rings. The number of nitrogens with one attached hydrogen (secondary N) is 1. The third-order valence-electron chi connectivity index (χ3n) is 6.49. The fourth-order valence-corrected chi connectivity index (χ4v) is 5.46. The summed E-state index contributed by atoms with van der Waals surface area (Å²) < 4.78 is 17.5. The Kier molecular flexibility index (Phi) is 7.08. The third kappa shape index (κ3) is 5.01. The second-order valence-corrected chi connectivity index (χ2v) is 10.6. The van der Waals surface area contributed by atoms with Crippen LogP contribution in [0, 0.1) is 5.41 Å². The van der Waals surface area contributed by atoms with E-state index in [-0.39, 0.29) is 17.8 Å². The smallest absolute Gasteiger partial charge is 0.337 e. The molecule has 0 fully saturated rings. The number of allylic oxidation sites excluding steroid dienone is 3. The molecule has 1 aliphatic heterocycles. The molecule has 0 spiro atoms. The number of ketones is 1. The molecule has 0 aromatic heterocycles. The summed E-state index contributed by atoms with van der Waals surface area (Å²) in [6, 6.07) is 13.2. The van der Waals surface area contributed by atoms with Crippen LogP contribution in [-0.2, 0) is 20.9 Å². The van der Waals surface area contributed by atoms with Gasteiger partial charge in [0.05, 0.1) is 19.8 Å². The number of hydrogen-bond acceptors (Lipinski definition) is 6. The normalized spacial score (nSPS) is 19.1. The molecule has 7 heteroatoms. The van der Waals surface area contributed by atoms with Gasteiger partial charge in [-0.15, -0.1) is 0 Å². The average molecular weight is 540 g/mol. The Morgan fingerprint density at radius 1 is 1.09 bits per heavy atom. The van der Waals surface area contributed by atoms with Crippen LogP contribution in [0.4, 0.5) is 0 Å². The molecular weight excluding hydrogens is 510 g/mol. The van der Waals surface area contributed by atoms with Crippen molar-refractivity contribution in [1.82, 2.24) is 5.32 Å². The van der Waals surface area contributed by atoms with Crippen molar-refractivity contribution in [2.45, 2.75) is 46.1 Å². The van der Waals surface area contributed by atoms with E-state index >= 15 is 0 Å². The number of benzene rings is 2. The number of ether oxygens (including phenoxy) is 3. The second kappa shape index (κ2) is 9.90. The Morgan fingerprint density at radius 3 is 2.40 bits per heavy atom. The van der Waals surface area contributed by atoms with E-state index < -0.39 is 11.9 Å². The first-order valence-electron chi connectivity index (χ1n) is 11.5. The molecule has 0 saturated carbocycles. The lowest BCUT2D eigenvalue weighted by Crippen LogP contribution is -2.38. The van der Waals surface area contributed by atoms with Crippen LogP contribution in [0.15, 0.2) is 69.5 Å². The summed E-state index contributed by atoms with van der Waals surface area (Å²) in [5.41, 5.74) is 4.02.